The first kappa shape index (κ1) is 15.6. The lowest BCUT2D eigenvalue weighted by Crippen LogP contribution is -2.02. The summed E-state index contributed by atoms with van der Waals surface area (Å²) in [6.45, 7) is 1.86. The van der Waals surface area contributed by atoms with Gasteiger partial charge in [0.15, 0.2) is 0 Å². The van der Waals surface area contributed by atoms with Crippen LogP contribution in [0.3, 0.4) is 0 Å². The third-order valence-corrected chi connectivity index (χ3v) is 5.16. The number of hydrogen-bond donors (Lipinski definition) is 1. The van der Waals surface area contributed by atoms with Gasteiger partial charge in [0.05, 0.1) is 42.5 Å². The number of carbonyl (C=O) groups is 1. The van der Waals surface area contributed by atoms with E-state index in [0.717, 1.165) is 5.56 Å². The number of pyridine rings is 1. The van der Waals surface area contributed by atoms with Gasteiger partial charge in [0.2, 0.25) is 5.78 Å². The molecular weight excluding hydrogens is 368 g/mol. The van der Waals surface area contributed by atoms with Crippen molar-refractivity contribution in [2.24, 2.45) is 0 Å². The van der Waals surface area contributed by atoms with Gasteiger partial charge in [0.1, 0.15) is 5.76 Å². The van der Waals surface area contributed by atoms with Crippen molar-refractivity contribution in [3.05, 3.63) is 60.8 Å². The molecular formula is C15H7Cl4NO2. The summed E-state index contributed by atoms with van der Waals surface area (Å²) in [5.41, 5.74) is 1.40. The topological polar surface area (TPSA) is 50.2 Å². The maximum atomic E-state index is 12.6. The van der Waals surface area contributed by atoms with Gasteiger partial charge in [-0.2, -0.15) is 0 Å². The van der Waals surface area contributed by atoms with Gasteiger partial charge >= 0.3 is 0 Å². The molecule has 3 nitrogen and oxygen atoms in total. The number of hydrogen-bond acceptors (Lipinski definition) is 3. The molecule has 1 aromatic carbocycles. The van der Waals surface area contributed by atoms with Gasteiger partial charge < -0.3 is 5.11 Å². The molecule has 1 N–H and O–H groups in total. The van der Waals surface area contributed by atoms with E-state index in [1.54, 1.807) is 18.3 Å². The largest absolute Gasteiger partial charge is 0.506 e. The van der Waals surface area contributed by atoms with E-state index in [0.29, 0.717) is 5.69 Å². The Balaban J connectivity index is 2.31. The summed E-state index contributed by atoms with van der Waals surface area (Å²) in [6.07, 6.45) is 1.59. The highest BCUT2D eigenvalue weighted by molar-refractivity contribution is 6.56. The minimum absolute atomic E-state index is 0.00968. The third kappa shape index (κ3) is 2.12. The molecule has 1 aliphatic carbocycles. The zero-order valence-corrected chi connectivity index (χ0v) is 14.1. The SMILES string of the molecule is Cc1ccc(C2=C(O)c3c(Cl)c(Cl)c(Cl)c(Cl)c3C2=O)nc1. The van der Waals surface area contributed by atoms with Crippen LogP contribution in [0, 0.1) is 6.92 Å². The van der Waals surface area contributed by atoms with Crippen LogP contribution in [0.4, 0.5) is 0 Å². The zero-order valence-electron chi connectivity index (χ0n) is 11.0. The molecule has 112 valence electrons. The lowest BCUT2D eigenvalue weighted by molar-refractivity contribution is 0.105. The van der Waals surface area contributed by atoms with Crippen LogP contribution in [0.5, 0.6) is 0 Å². The fraction of sp³-hybridized carbons (Fsp3) is 0.0667. The molecule has 1 heterocycles. The lowest BCUT2D eigenvalue weighted by atomic mass is 10.1. The second kappa shape index (κ2) is 5.43. The van der Waals surface area contributed by atoms with Crippen molar-refractivity contribution in [1.82, 2.24) is 4.98 Å². The number of rotatable bonds is 1. The number of halogens is 4. The van der Waals surface area contributed by atoms with Crippen molar-refractivity contribution in [1.29, 1.82) is 0 Å². The number of aryl methyl sites for hydroxylation is 1. The molecule has 0 atom stereocenters. The van der Waals surface area contributed by atoms with Crippen LogP contribution < -0.4 is 0 Å². The molecule has 0 saturated carbocycles. The van der Waals surface area contributed by atoms with Gasteiger partial charge in [0.25, 0.3) is 0 Å². The molecule has 2 aromatic rings. The van der Waals surface area contributed by atoms with Gasteiger partial charge in [0, 0.05) is 6.20 Å². The first-order valence-electron chi connectivity index (χ1n) is 6.11. The number of aliphatic hydroxyl groups is 1. The number of aliphatic hydroxyl groups excluding tert-OH is 1. The number of fused-ring (bicyclic) bond motifs is 1. The maximum Gasteiger partial charge on any atom is 0.201 e. The maximum absolute atomic E-state index is 12.6. The number of aromatic nitrogens is 1. The molecule has 1 aromatic heterocycles. The zero-order chi connectivity index (χ0) is 16.2. The molecule has 0 saturated heterocycles. The van der Waals surface area contributed by atoms with E-state index in [-0.39, 0.29) is 42.5 Å². The van der Waals surface area contributed by atoms with E-state index >= 15 is 0 Å². The Kier molecular flexibility index (Phi) is 3.86. The minimum Gasteiger partial charge on any atom is -0.506 e. The fourth-order valence-corrected chi connectivity index (χ4v) is 3.31. The summed E-state index contributed by atoms with van der Waals surface area (Å²) in [5.74, 6) is -0.795. The average Bonchev–Trinajstić information content (AvgIpc) is 2.75. The van der Waals surface area contributed by atoms with Crippen LogP contribution in [0.2, 0.25) is 20.1 Å². The van der Waals surface area contributed by atoms with Gasteiger partial charge in [-0.1, -0.05) is 52.5 Å². The minimum atomic E-state index is -0.491. The van der Waals surface area contributed by atoms with Crippen molar-refractivity contribution in [2.75, 3.05) is 0 Å². The summed E-state index contributed by atoms with van der Waals surface area (Å²) < 4.78 is 0. The van der Waals surface area contributed by atoms with Crippen molar-refractivity contribution >= 4 is 63.5 Å². The van der Waals surface area contributed by atoms with Crippen molar-refractivity contribution in [3.63, 3.8) is 0 Å². The van der Waals surface area contributed by atoms with Crippen LogP contribution in [-0.4, -0.2) is 15.9 Å². The Morgan fingerprint density at radius 2 is 1.55 bits per heavy atom. The Bertz CT molecular complexity index is 857. The fourth-order valence-electron chi connectivity index (χ4n) is 2.28. The predicted molar refractivity (Wildman–Crippen MR) is 89.2 cm³/mol. The molecule has 3 rings (SSSR count). The third-order valence-electron chi connectivity index (χ3n) is 3.36. The molecule has 0 spiro atoms. The predicted octanol–water partition coefficient (Wildman–Crippen LogP) is 5.63. The number of ketones is 1. The number of allylic oxidation sites excluding steroid dienone is 1. The van der Waals surface area contributed by atoms with E-state index in [1.807, 2.05) is 6.92 Å². The summed E-state index contributed by atoms with van der Waals surface area (Å²) >= 11 is 24.2. The highest BCUT2D eigenvalue weighted by atomic mass is 35.5. The van der Waals surface area contributed by atoms with Crippen LogP contribution in [-0.2, 0) is 0 Å². The van der Waals surface area contributed by atoms with Gasteiger partial charge in [-0.05, 0) is 18.6 Å². The highest BCUT2D eigenvalue weighted by Gasteiger charge is 2.37. The molecule has 0 amide bonds. The van der Waals surface area contributed by atoms with Crippen LogP contribution in [0.1, 0.15) is 27.2 Å². The second-order valence-corrected chi connectivity index (χ2v) is 6.29. The second-order valence-electron chi connectivity index (χ2n) is 4.78. The first-order valence-corrected chi connectivity index (χ1v) is 7.63. The molecule has 7 heteroatoms. The quantitative estimate of drug-likeness (QED) is 0.520. The Morgan fingerprint density at radius 1 is 0.955 bits per heavy atom. The Morgan fingerprint density at radius 3 is 2.09 bits per heavy atom. The smallest absolute Gasteiger partial charge is 0.201 e. The summed E-state index contributed by atoms with van der Waals surface area (Å²) in [4.78, 5) is 16.8. The monoisotopic (exact) mass is 373 g/mol. The number of benzene rings is 1. The lowest BCUT2D eigenvalue weighted by Gasteiger charge is -2.09. The van der Waals surface area contributed by atoms with Gasteiger partial charge in [-0.15, -0.1) is 0 Å². The Labute approximate surface area is 146 Å². The van der Waals surface area contributed by atoms with Gasteiger partial charge in [-0.3, -0.25) is 9.78 Å². The Hall–Kier alpha value is -1.26. The summed E-state index contributed by atoms with van der Waals surface area (Å²) in [5, 5.41) is 10.3. The molecule has 0 fully saturated rings. The van der Waals surface area contributed by atoms with Crippen LogP contribution in [0.15, 0.2) is 18.3 Å². The van der Waals surface area contributed by atoms with E-state index in [9.17, 15) is 9.90 Å². The van der Waals surface area contributed by atoms with Crippen LogP contribution >= 0.6 is 46.4 Å². The highest BCUT2D eigenvalue weighted by Crippen LogP contribution is 2.49. The number of carbonyl (C=O) groups excluding carboxylic acids is 1. The molecule has 0 aliphatic heterocycles. The van der Waals surface area contributed by atoms with E-state index in [2.05, 4.69) is 4.98 Å². The van der Waals surface area contributed by atoms with Gasteiger partial charge in [-0.25, -0.2) is 0 Å². The average molecular weight is 375 g/mol. The summed E-state index contributed by atoms with van der Waals surface area (Å²) in [6, 6.07) is 3.41. The van der Waals surface area contributed by atoms with E-state index < -0.39 is 5.78 Å². The molecule has 22 heavy (non-hydrogen) atoms. The van der Waals surface area contributed by atoms with Crippen molar-refractivity contribution < 1.29 is 9.90 Å². The van der Waals surface area contributed by atoms with Crippen LogP contribution in [0.25, 0.3) is 11.3 Å². The summed E-state index contributed by atoms with van der Waals surface area (Å²) in [7, 11) is 0. The number of nitrogens with zero attached hydrogens (tertiary/aromatic N) is 1. The molecule has 0 bridgehead atoms. The van der Waals surface area contributed by atoms with E-state index in [4.69, 9.17) is 46.4 Å². The van der Waals surface area contributed by atoms with Crippen molar-refractivity contribution in [2.45, 2.75) is 6.92 Å². The molecule has 0 radical (unpaired) electrons. The number of Topliss-reactive ketones (excluding diaryl/α,β-unsaturated/α-hetero) is 1. The first-order chi connectivity index (χ1) is 10.3. The normalized spacial score (nSPS) is 13.8. The standard InChI is InChI=1S/C15H7Cl4NO2/c1-5-2-3-6(20-4-5)7-14(21)8-9(15(7)22)11(17)13(19)12(18)10(8)16/h2-4,21H,1H3. The van der Waals surface area contributed by atoms with E-state index in [1.165, 1.54) is 0 Å². The molecule has 0 unspecified atom stereocenters. The molecule has 1 aliphatic rings. The van der Waals surface area contributed by atoms with Crippen molar-refractivity contribution in [3.8, 4) is 0 Å².